The van der Waals surface area contributed by atoms with Crippen molar-refractivity contribution in [2.45, 2.75) is 6.92 Å². The molecule has 0 radical (unpaired) electrons. The summed E-state index contributed by atoms with van der Waals surface area (Å²) in [5.74, 6) is -1.92. The molecule has 4 nitrogen and oxygen atoms in total. The molecule has 5 heteroatoms. The topological polar surface area (TPSA) is 74.6 Å². The minimum Gasteiger partial charge on any atom is -0.478 e. The summed E-state index contributed by atoms with van der Waals surface area (Å²) in [7, 11) is 0. The van der Waals surface area contributed by atoms with Gasteiger partial charge in [-0.15, -0.1) is 11.3 Å². The number of aromatic carboxylic acids is 2. The first-order valence-corrected chi connectivity index (χ1v) is 5.98. The van der Waals surface area contributed by atoms with Crippen LogP contribution >= 0.6 is 11.3 Å². The standard InChI is InChI=1S/C13H10O4S/c1-7-10(6-11(18-7)13(16)17)8-2-4-9(5-3-8)12(14)15/h2-6H,1H3,(H,14,15)(H,16,17). The number of aryl methyl sites for hydroxylation is 1. The Bertz CT molecular complexity index is 610. The van der Waals surface area contributed by atoms with Gasteiger partial charge in [-0.1, -0.05) is 12.1 Å². The number of carboxylic acid groups (broad SMARTS) is 2. The third-order valence-electron chi connectivity index (χ3n) is 2.57. The average Bonchev–Trinajstić information content (AvgIpc) is 2.71. The summed E-state index contributed by atoms with van der Waals surface area (Å²) < 4.78 is 0. The smallest absolute Gasteiger partial charge is 0.345 e. The summed E-state index contributed by atoms with van der Waals surface area (Å²) in [5, 5.41) is 17.7. The van der Waals surface area contributed by atoms with Crippen LogP contribution in [-0.4, -0.2) is 22.2 Å². The van der Waals surface area contributed by atoms with Crippen molar-refractivity contribution in [1.29, 1.82) is 0 Å². The Hall–Kier alpha value is -2.14. The molecule has 1 heterocycles. The Labute approximate surface area is 107 Å². The summed E-state index contributed by atoms with van der Waals surface area (Å²) in [5.41, 5.74) is 1.86. The van der Waals surface area contributed by atoms with E-state index in [9.17, 15) is 9.59 Å². The van der Waals surface area contributed by atoms with Crippen LogP contribution in [0.25, 0.3) is 11.1 Å². The van der Waals surface area contributed by atoms with Gasteiger partial charge in [0.05, 0.1) is 5.56 Å². The van der Waals surface area contributed by atoms with Crippen LogP contribution in [0, 0.1) is 6.92 Å². The maximum absolute atomic E-state index is 10.9. The van der Waals surface area contributed by atoms with Crippen LogP contribution in [0.5, 0.6) is 0 Å². The number of carboxylic acids is 2. The Morgan fingerprint density at radius 2 is 1.67 bits per heavy atom. The van der Waals surface area contributed by atoms with Gasteiger partial charge in [0.2, 0.25) is 0 Å². The van der Waals surface area contributed by atoms with Gasteiger partial charge in [-0.05, 0) is 36.2 Å². The monoisotopic (exact) mass is 262 g/mol. The van der Waals surface area contributed by atoms with Crippen molar-refractivity contribution in [1.82, 2.24) is 0 Å². The molecule has 0 saturated heterocycles. The molecule has 2 rings (SSSR count). The van der Waals surface area contributed by atoms with Crippen LogP contribution in [0.4, 0.5) is 0 Å². The van der Waals surface area contributed by atoms with E-state index in [4.69, 9.17) is 10.2 Å². The molecule has 1 aromatic heterocycles. The highest BCUT2D eigenvalue weighted by Crippen LogP contribution is 2.31. The minimum absolute atomic E-state index is 0.213. The zero-order chi connectivity index (χ0) is 13.3. The van der Waals surface area contributed by atoms with Gasteiger partial charge >= 0.3 is 11.9 Å². The van der Waals surface area contributed by atoms with E-state index in [2.05, 4.69) is 0 Å². The van der Waals surface area contributed by atoms with Gasteiger partial charge in [0.25, 0.3) is 0 Å². The molecule has 0 aliphatic heterocycles. The van der Waals surface area contributed by atoms with Gasteiger partial charge in [-0.3, -0.25) is 0 Å². The van der Waals surface area contributed by atoms with E-state index < -0.39 is 11.9 Å². The first-order valence-electron chi connectivity index (χ1n) is 5.16. The van der Waals surface area contributed by atoms with Gasteiger partial charge in [0, 0.05) is 4.88 Å². The lowest BCUT2D eigenvalue weighted by Gasteiger charge is -2.00. The highest BCUT2D eigenvalue weighted by Gasteiger charge is 2.12. The fraction of sp³-hybridized carbons (Fsp3) is 0.0769. The Morgan fingerprint density at radius 1 is 1.06 bits per heavy atom. The third kappa shape index (κ3) is 2.26. The summed E-state index contributed by atoms with van der Waals surface area (Å²) in [6.07, 6.45) is 0. The number of thiophene rings is 1. The zero-order valence-electron chi connectivity index (χ0n) is 9.51. The second-order valence-electron chi connectivity index (χ2n) is 3.77. The maximum Gasteiger partial charge on any atom is 0.345 e. The molecule has 18 heavy (non-hydrogen) atoms. The molecule has 0 unspecified atom stereocenters. The van der Waals surface area contributed by atoms with Crippen molar-refractivity contribution in [3.8, 4) is 11.1 Å². The number of hydrogen-bond donors (Lipinski definition) is 2. The van der Waals surface area contributed by atoms with Gasteiger partial charge in [0.1, 0.15) is 4.88 Å². The van der Waals surface area contributed by atoms with Gasteiger partial charge < -0.3 is 10.2 Å². The quantitative estimate of drug-likeness (QED) is 0.891. The third-order valence-corrected chi connectivity index (χ3v) is 3.61. The predicted octanol–water partition coefficient (Wildman–Crippen LogP) is 3.12. The molecule has 1 aromatic carbocycles. The van der Waals surface area contributed by atoms with E-state index in [0.717, 1.165) is 16.0 Å². The van der Waals surface area contributed by atoms with Crippen LogP contribution < -0.4 is 0 Å². The summed E-state index contributed by atoms with van der Waals surface area (Å²) in [6.45, 7) is 1.84. The molecule has 2 N–H and O–H groups in total. The predicted molar refractivity (Wildman–Crippen MR) is 68.4 cm³/mol. The van der Waals surface area contributed by atoms with Crippen molar-refractivity contribution in [2.24, 2.45) is 0 Å². The second kappa shape index (κ2) is 4.62. The van der Waals surface area contributed by atoms with E-state index in [1.54, 1.807) is 18.2 Å². The summed E-state index contributed by atoms with van der Waals surface area (Å²) >= 11 is 1.21. The molecule has 2 aromatic rings. The molecule has 0 spiro atoms. The second-order valence-corrected chi connectivity index (χ2v) is 5.02. The van der Waals surface area contributed by atoms with Gasteiger partial charge in [-0.2, -0.15) is 0 Å². The molecule has 0 bridgehead atoms. The van der Waals surface area contributed by atoms with Crippen LogP contribution in [0.15, 0.2) is 30.3 Å². The van der Waals surface area contributed by atoms with Crippen LogP contribution in [-0.2, 0) is 0 Å². The fourth-order valence-corrected chi connectivity index (χ4v) is 2.55. The highest BCUT2D eigenvalue weighted by molar-refractivity contribution is 7.14. The lowest BCUT2D eigenvalue weighted by Crippen LogP contribution is -1.95. The summed E-state index contributed by atoms with van der Waals surface area (Å²) in [4.78, 5) is 22.8. The molecular formula is C13H10O4S. The number of benzene rings is 1. The van der Waals surface area contributed by atoms with Crippen molar-refractivity contribution >= 4 is 23.3 Å². The van der Waals surface area contributed by atoms with E-state index in [1.807, 2.05) is 6.92 Å². The molecular weight excluding hydrogens is 252 g/mol. The molecule has 0 fully saturated rings. The molecule has 0 saturated carbocycles. The SMILES string of the molecule is Cc1sc(C(=O)O)cc1-c1ccc(C(=O)O)cc1. The Kier molecular flexibility index (Phi) is 3.16. The average molecular weight is 262 g/mol. The number of rotatable bonds is 3. The van der Waals surface area contributed by atoms with Crippen LogP contribution in [0.3, 0.4) is 0 Å². The molecule has 0 atom stereocenters. The molecule has 0 aliphatic rings. The van der Waals surface area contributed by atoms with Crippen molar-refractivity contribution < 1.29 is 19.8 Å². The van der Waals surface area contributed by atoms with Gasteiger partial charge in [-0.25, -0.2) is 9.59 Å². The zero-order valence-corrected chi connectivity index (χ0v) is 10.3. The minimum atomic E-state index is -0.977. The lowest BCUT2D eigenvalue weighted by molar-refractivity contribution is 0.0688. The van der Waals surface area contributed by atoms with Crippen LogP contribution in [0.1, 0.15) is 24.9 Å². The van der Waals surface area contributed by atoms with Gasteiger partial charge in [0.15, 0.2) is 0 Å². The van der Waals surface area contributed by atoms with Crippen LogP contribution in [0.2, 0.25) is 0 Å². The van der Waals surface area contributed by atoms with Crippen molar-refractivity contribution in [3.05, 3.63) is 45.6 Å². The first kappa shape index (κ1) is 12.3. The Balaban J connectivity index is 2.42. The lowest BCUT2D eigenvalue weighted by atomic mass is 10.0. The maximum atomic E-state index is 10.9. The fourth-order valence-electron chi connectivity index (χ4n) is 1.67. The largest absolute Gasteiger partial charge is 0.478 e. The summed E-state index contributed by atoms with van der Waals surface area (Å²) in [6, 6.07) is 8.00. The van der Waals surface area contributed by atoms with E-state index in [0.29, 0.717) is 0 Å². The number of carbonyl (C=O) groups is 2. The van der Waals surface area contributed by atoms with Crippen molar-refractivity contribution in [2.75, 3.05) is 0 Å². The van der Waals surface area contributed by atoms with E-state index >= 15 is 0 Å². The molecule has 0 amide bonds. The normalized spacial score (nSPS) is 10.3. The van der Waals surface area contributed by atoms with E-state index in [-0.39, 0.29) is 10.4 Å². The molecule has 0 aliphatic carbocycles. The Morgan fingerprint density at radius 3 is 2.11 bits per heavy atom. The van der Waals surface area contributed by atoms with E-state index in [1.165, 1.54) is 23.5 Å². The number of hydrogen-bond acceptors (Lipinski definition) is 3. The molecule has 92 valence electrons. The first-order chi connectivity index (χ1) is 8.49. The van der Waals surface area contributed by atoms with Crippen molar-refractivity contribution in [3.63, 3.8) is 0 Å². The highest BCUT2D eigenvalue weighted by atomic mass is 32.1.